The molecule has 0 amide bonds. The minimum Gasteiger partial charge on any atom is -0.282 e. The molecular weight excluding hydrogens is 403 g/mol. The van der Waals surface area contributed by atoms with Crippen LogP contribution in [0.2, 0.25) is 0 Å². The zero-order chi connectivity index (χ0) is 21.1. The van der Waals surface area contributed by atoms with Gasteiger partial charge < -0.3 is 0 Å². The van der Waals surface area contributed by atoms with Crippen LogP contribution in [0.4, 0.5) is 4.39 Å². The van der Waals surface area contributed by atoms with Gasteiger partial charge in [-0.3, -0.25) is 9.59 Å². The fourth-order valence-corrected chi connectivity index (χ4v) is 4.20. The summed E-state index contributed by atoms with van der Waals surface area (Å²) in [5.41, 5.74) is 2.42. The Bertz CT molecular complexity index is 1150. The van der Waals surface area contributed by atoms with Gasteiger partial charge in [0, 0.05) is 4.90 Å². The summed E-state index contributed by atoms with van der Waals surface area (Å²) in [6, 6.07) is 16.3. The predicted octanol–water partition coefficient (Wildman–Crippen LogP) is 7.04. The predicted molar refractivity (Wildman–Crippen MR) is 121 cm³/mol. The fraction of sp³-hybridized carbons (Fsp3) is 0.0833. The maximum Gasteiger partial charge on any atom is 0.219 e. The van der Waals surface area contributed by atoms with Gasteiger partial charge in [-0.25, -0.2) is 4.39 Å². The van der Waals surface area contributed by atoms with Gasteiger partial charge in [0.2, 0.25) is 10.2 Å². The molecule has 0 atom stereocenters. The van der Waals surface area contributed by atoms with E-state index < -0.39 is 5.82 Å². The summed E-state index contributed by atoms with van der Waals surface area (Å²) < 4.78 is 15.0. The van der Waals surface area contributed by atoms with Crippen LogP contribution in [0.1, 0.15) is 13.8 Å². The quantitative estimate of drug-likeness (QED) is 0.326. The Morgan fingerprint density at radius 1 is 0.828 bits per heavy atom. The molecular formula is C24H19FO2S2. The lowest BCUT2D eigenvalue weighted by molar-refractivity contribution is -0.108. The van der Waals surface area contributed by atoms with Gasteiger partial charge in [-0.2, -0.15) is 0 Å². The van der Waals surface area contributed by atoms with E-state index in [9.17, 15) is 14.0 Å². The van der Waals surface area contributed by atoms with Crippen LogP contribution in [-0.2, 0) is 9.59 Å². The van der Waals surface area contributed by atoms with Gasteiger partial charge in [-0.1, -0.05) is 49.6 Å². The first kappa shape index (κ1) is 21.1. The molecule has 5 heteroatoms. The third-order valence-electron chi connectivity index (χ3n) is 4.22. The minimum absolute atomic E-state index is 0.0854. The third-order valence-corrected chi connectivity index (χ3v) is 6.41. The summed E-state index contributed by atoms with van der Waals surface area (Å²) in [5.74, 6) is -0.450. The van der Waals surface area contributed by atoms with Gasteiger partial charge in [-0.05, 0) is 88.6 Å². The van der Waals surface area contributed by atoms with Crippen molar-refractivity contribution in [1.29, 1.82) is 0 Å². The molecule has 0 unspecified atom stereocenters. The second kappa shape index (κ2) is 8.80. The number of hydrogen-bond donors (Lipinski definition) is 0. The van der Waals surface area contributed by atoms with Crippen LogP contribution in [0.25, 0.3) is 21.9 Å². The molecule has 0 spiro atoms. The van der Waals surface area contributed by atoms with Gasteiger partial charge in [-0.15, -0.1) is 0 Å². The fourth-order valence-electron chi connectivity index (χ4n) is 2.73. The minimum atomic E-state index is -0.450. The maximum atomic E-state index is 15.0. The lowest BCUT2D eigenvalue weighted by Gasteiger charge is -2.13. The summed E-state index contributed by atoms with van der Waals surface area (Å²) in [6.45, 7) is 10.6. The highest BCUT2D eigenvalue weighted by atomic mass is 32.2. The van der Waals surface area contributed by atoms with Crippen molar-refractivity contribution in [3.05, 3.63) is 84.7 Å². The van der Waals surface area contributed by atoms with Gasteiger partial charge in [0.1, 0.15) is 5.82 Å². The topological polar surface area (TPSA) is 34.1 Å². The molecule has 0 heterocycles. The van der Waals surface area contributed by atoms with Crippen LogP contribution < -0.4 is 0 Å². The molecule has 0 aromatic heterocycles. The van der Waals surface area contributed by atoms with E-state index >= 15 is 0 Å². The molecule has 29 heavy (non-hydrogen) atoms. The Hall–Kier alpha value is -2.63. The molecule has 0 aliphatic rings. The smallest absolute Gasteiger partial charge is 0.219 e. The monoisotopic (exact) mass is 422 g/mol. The Balaban J connectivity index is 2.05. The summed E-state index contributed by atoms with van der Waals surface area (Å²) in [7, 11) is 0. The second-order valence-electron chi connectivity index (χ2n) is 6.64. The van der Waals surface area contributed by atoms with Crippen molar-refractivity contribution in [3.63, 3.8) is 0 Å². The summed E-state index contributed by atoms with van der Waals surface area (Å²) in [4.78, 5) is 25.0. The Labute approximate surface area is 177 Å². The first-order valence-electron chi connectivity index (χ1n) is 8.85. The van der Waals surface area contributed by atoms with Crippen LogP contribution in [0.5, 0.6) is 0 Å². The molecule has 0 saturated carbocycles. The number of carbonyl (C=O) groups is 2. The number of thioether (sulfide) groups is 2. The molecule has 3 aromatic carbocycles. The highest BCUT2D eigenvalue weighted by Crippen LogP contribution is 2.38. The van der Waals surface area contributed by atoms with Crippen LogP contribution in [0.3, 0.4) is 0 Å². The molecule has 0 N–H and O–H groups in total. The van der Waals surface area contributed by atoms with Crippen LogP contribution in [-0.4, -0.2) is 10.2 Å². The van der Waals surface area contributed by atoms with E-state index in [0.29, 0.717) is 21.4 Å². The molecule has 146 valence electrons. The van der Waals surface area contributed by atoms with E-state index in [0.717, 1.165) is 44.9 Å². The zero-order valence-corrected chi connectivity index (χ0v) is 17.8. The van der Waals surface area contributed by atoms with Crippen molar-refractivity contribution >= 4 is 44.5 Å². The average Bonchev–Trinajstić information content (AvgIpc) is 2.70. The Kier molecular flexibility index (Phi) is 6.40. The summed E-state index contributed by atoms with van der Waals surface area (Å²) in [5, 5.41) is 1.19. The van der Waals surface area contributed by atoms with Crippen molar-refractivity contribution in [1.82, 2.24) is 0 Å². The summed E-state index contributed by atoms with van der Waals surface area (Å²) >= 11 is 1.97. The van der Waals surface area contributed by atoms with Gasteiger partial charge in [0.25, 0.3) is 0 Å². The molecule has 0 radical (unpaired) electrons. The lowest BCUT2D eigenvalue weighted by Crippen LogP contribution is -1.95. The first-order chi connectivity index (χ1) is 13.8. The molecule has 0 aliphatic heterocycles. The largest absolute Gasteiger partial charge is 0.282 e. The normalized spacial score (nSPS) is 10.7. The molecule has 0 saturated heterocycles. The molecule has 3 rings (SSSR count). The highest BCUT2D eigenvalue weighted by Gasteiger charge is 2.17. The standard InChI is InChI=1S/C24H19FO2S2/c1-14(2)23(26)28-17-11-9-16(10-12-17)20-13-21(25)22(29-24(27)15(3)4)19-8-6-5-7-18(19)20/h5-13H,1,3H2,2,4H3. The van der Waals surface area contributed by atoms with Crippen molar-refractivity contribution < 1.29 is 14.0 Å². The molecule has 0 fully saturated rings. The lowest BCUT2D eigenvalue weighted by atomic mass is 9.98. The number of halogens is 1. The molecule has 0 bridgehead atoms. The summed E-state index contributed by atoms with van der Waals surface area (Å²) in [6.07, 6.45) is 0. The van der Waals surface area contributed by atoms with Gasteiger partial charge in [0.15, 0.2) is 0 Å². The van der Waals surface area contributed by atoms with Crippen molar-refractivity contribution in [2.24, 2.45) is 0 Å². The van der Waals surface area contributed by atoms with Crippen LogP contribution in [0.15, 0.2) is 88.7 Å². The van der Waals surface area contributed by atoms with E-state index in [1.165, 1.54) is 6.07 Å². The van der Waals surface area contributed by atoms with E-state index in [2.05, 4.69) is 13.2 Å². The maximum absolute atomic E-state index is 15.0. The van der Waals surface area contributed by atoms with Gasteiger partial charge in [0.05, 0.1) is 4.90 Å². The first-order valence-corrected chi connectivity index (χ1v) is 10.5. The van der Waals surface area contributed by atoms with Gasteiger partial charge >= 0.3 is 0 Å². The van der Waals surface area contributed by atoms with E-state index in [1.54, 1.807) is 13.8 Å². The number of carbonyl (C=O) groups excluding carboxylic acids is 2. The second-order valence-corrected chi connectivity index (χ2v) is 8.67. The number of fused-ring (bicyclic) bond motifs is 1. The average molecular weight is 423 g/mol. The highest BCUT2D eigenvalue weighted by molar-refractivity contribution is 8.14. The Morgan fingerprint density at radius 3 is 1.97 bits per heavy atom. The van der Waals surface area contributed by atoms with Crippen LogP contribution >= 0.6 is 23.5 Å². The number of hydrogen-bond acceptors (Lipinski definition) is 4. The SMILES string of the molecule is C=C(C)C(=O)Sc1ccc(-c2cc(F)c(SC(=O)C(=C)C)c3ccccc23)cc1. The molecule has 2 nitrogen and oxygen atoms in total. The zero-order valence-electron chi connectivity index (χ0n) is 16.1. The Morgan fingerprint density at radius 2 is 1.38 bits per heavy atom. The van der Waals surface area contributed by atoms with E-state index in [4.69, 9.17) is 0 Å². The van der Waals surface area contributed by atoms with E-state index in [-0.39, 0.29) is 10.2 Å². The number of rotatable bonds is 5. The van der Waals surface area contributed by atoms with E-state index in [1.807, 2.05) is 48.5 Å². The molecule has 3 aromatic rings. The van der Waals surface area contributed by atoms with Crippen molar-refractivity contribution in [2.45, 2.75) is 23.6 Å². The molecule has 0 aliphatic carbocycles. The van der Waals surface area contributed by atoms with Crippen molar-refractivity contribution in [2.75, 3.05) is 0 Å². The number of benzene rings is 3. The van der Waals surface area contributed by atoms with Crippen molar-refractivity contribution in [3.8, 4) is 11.1 Å². The third kappa shape index (κ3) is 4.69. The van der Waals surface area contributed by atoms with Crippen LogP contribution in [0, 0.1) is 5.82 Å².